The highest BCUT2D eigenvalue weighted by atomic mass is 16.7. The monoisotopic (exact) mass is 588 g/mol. The van der Waals surface area contributed by atoms with E-state index < -0.39 is 0 Å². The van der Waals surface area contributed by atoms with E-state index in [-0.39, 0.29) is 0 Å². The molecule has 4 aromatic carbocycles. The zero-order chi connectivity index (χ0) is 32.1. The maximum atomic E-state index is 5.30. The van der Waals surface area contributed by atoms with E-state index in [1.807, 2.05) is 159 Å². The van der Waals surface area contributed by atoms with E-state index in [1.54, 1.807) is 13.4 Å². The molecule has 2 aliphatic heterocycles. The molecule has 0 unspecified atom stereocenters. The molecular formula is C38H52O5. The molecule has 7 rings (SSSR count). The van der Waals surface area contributed by atoms with Crippen LogP contribution in [0.1, 0.15) is 61.0 Å². The molecule has 1 aromatic heterocycles. The van der Waals surface area contributed by atoms with E-state index in [4.69, 9.17) is 23.4 Å². The Morgan fingerprint density at radius 3 is 1.56 bits per heavy atom. The molecule has 0 aliphatic carbocycles. The summed E-state index contributed by atoms with van der Waals surface area (Å²) in [6.45, 7) is 17.2. The van der Waals surface area contributed by atoms with Crippen LogP contribution in [0, 0.1) is 0 Å². The molecule has 43 heavy (non-hydrogen) atoms. The van der Waals surface area contributed by atoms with Gasteiger partial charge in [0.2, 0.25) is 6.79 Å². The highest BCUT2D eigenvalue weighted by molar-refractivity contribution is 5.76. The number of hydrogen-bond acceptors (Lipinski definition) is 5. The van der Waals surface area contributed by atoms with Gasteiger partial charge < -0.3 is 23.4 Å². The van der Waals surface area contributed by atoms with Crippen LogP contribution in [0.4, 0.5) is 0 Å². The summed E-state index contributed by atoms with van der Waals surface area (Å²) in [5.74, 6) is 3.67. The van der Waals surface area contributed by atoms with Gasteiger partial charge in [0.15, 0.2) is 11.5 Å². The summed E-state index contributed by atoms with van der Waals surface area (Å²) < 4.78 is 25.5. The van der Waals surface area contributed by atoms with Crippen LogP contribution in [0.25, 0.3) is 11.0 Å². The third-order valence-electron chi connectivity index (χ3n) is 5.22. The van der Waals surface area contributed by atoms with Crippen molar-refractivity contribution in [1.82, 2.24) is 0 Å². The van der Waals surface area contributed by atoms with Crippen LogP contribution in [0.3, 0.4) is 0 Å². The lowest BCUT2D eigenvalue weighted by atomic mass is 10.2. The van der Waals surface area contributed by atoms with Crippen molar-refractivity contribution in [3.05, 3.63) is 121 Å². The molecule has 3 heterocycles. The predicted molar refractivity (Wildman–Crippen MR) is 183 cm³/mol. The van der Waals surface area contributed by atoms with Gasteiger partial charge in [0.05, 0.1) is 20.0 Å². The maximum Gasteiger partial charge on any atom is 0.231 e. The molecule has 0 saturated heterocycles. The van der Waals surface area contributed by atoms with E-state index in [0.29, 0.717) is 6.79 Å². The minimum atomic E-state index is 0.360. The first-order chi connectivity index (χ1) is 21.3. The van der Waals surface area contributed by atoms with Gasteiger partial charge in [-0.05, 0) is 48.0 Å². The van der Waals surface area contributed by atoms with Gasteiger partial charge in [-0.25, -0.2) is 0 Å². The number of hydrogen-bond donors (Lipinski definition) is 0. The Kier molecular flexibility index (Phi) is 23.8. The average Bonchev–Trinajstić information content (AvgIpc) is 3.91. The van der Waals surface area contributed by atoms with Gasteiger partial charge >= 0.3 is 0 Å². The Labute approximate surface area is 260 Å². The molecule has 234 valence electrons. The fourth-order valence-corrected chi connectivity index (χ4v) is 3.43. The minimum Gasteiger partial charge on any atom is -0.497 e. The molecule has 5 aromatic rings. The normalized spacial score (nSPS) is 10.3. The summed E-state index contributed by atoms with van der Waals surface area (Å²) in [6.07, 6.45) is 2.78. The van der Waals surface area contributed by atoms with Gasteiger partial charge in [0.25, 0.3) is 0 Å². The molecule has 0 atom stereocenters. The second-order valence-electron chi connectivity index (χ2n) is 7.54. The number of methoxy groups -OCH3 is 1. The summed E-state index contributed by atoms with van der Waals surface area (Å²) in [5.41, 5.74) is 2.30. The van der Waals surface area contributed by atoms with Crippen molar-refractivity contribution < 1.29 is 23.4 Å². The first kappa shape index (κ1) is 38.6. The first-order valence-electron chi connectivity index (χ1n) is 15.4. The highest BCUT2D eigenvalue weighted by Crippen LogP contribution is 2.30. The highest BCUT2D eigenvalue weighted by Gasteiger charge is 2.09. The second-order valence-corrected chi connectivity index (χ2v) is 7.54. The quantitative estimate of drug-likeness (QED) is 0.195. The molecule has 0 fully saturated rings. The fourth-order valence-electron chi connectivity index (χ4n) is 3.43. The van der Waals surface area contributed by atoms with Crippen LogP contribution in [0.15, 0.2) is 120 Å². The van der Waals surface area contributed by atoms with E-state index in [9.17, 15) is 0 Å². The van der Waals surface area contributed by atoms with Crippen molar-refractivity contribution in [2.45, 2.75) is 61.8 Å². The van der Waals surface area contributed by atoms with Crippen LogP contribution in [-0.4, -0.2) is 20.5 Å². The Hall–Kier alpha value is -4.38. The summed E-state index contributed by atoms with van der Waals surface area (Å²) in [6, 6.07) is 35.4. The van der Waals surface area contributed by atoms with Gasteiger partial charge in [-0.15, -0.1) is 0 Å². The molecule has 5 nitrogen and oxygen atoms in total. The number of benzene rings is 4. The Morgan fingerprint density at radius 1 is 0.512 bits per heavy atom. The Bertz CT molecular complexity index is 1170. The zero-order valence-electron chi connectivity index (χ0n) is 27.6. The van der Waals surface area contributed by atoms with Crippen molar-refractivity contribution in [3.63, 3.8) is 0 Å². The van der Waals surface area contributed by atoms with E-state index in [0.717, 1.165) is 47.0 Å². The van der Waals surface area contributed by atoms with Crippen molar-refractivity contribution in [2.75, 3.05) is 20.5 Å². The van der Waals surface area contributed by atoms with Crippen LogP contribution < -0.4 is 18.9 Å². The van der Waals surface area contributed by atoms with Crippen LogP contribution in [0.2, 0.25) is 0 Å². The summed E-state index contributed by atoms with van der Waals surface area (Å²) in [7, 11) is 1.66. The molecule has 0 bridgehead atoms. The molecule has 0 amide bonds. The van der Waals surface area contributed by atoms with Crippen LogP contribution in [0.5, 0.6) is 23.0 Å². The smallest absolute Gasteiger partial charge is 0.231 e. The number of furan rings is 1. The molecule has 0 spiro atoms. The summed E-state index contributed by atoms with van der Waals surface area (Å²) >= 11 is 0. The van der Waals surface area contributed by atoms with Gasteiger partial charge in [-0.3, -0.25) is 0 Å². The van der Waals surface area contributed by atoms with E-state index in [1.165, 1.54) is 5.56 Å². The number of ether oxygens (including phenoxy) is 4. The van der Waals surface area contributed by atoms with Crippen molar-refractivity contribution >= 4 is 11.0 Å². The largest absolute Gasteiger partial charge is 0.497 e. The molecular weight excluding hydrogens is 536 g/mol. The summed E-state index contributed by atoms with van der Waals surface area (Å²) in [4.78, 5) is 0. The van der Waals surface area contributed by atoms with Gasteiger partial charge in [0, 0.05) is 11.8 Å². The topological polar surface area (TPSA) is 50.1 Å². The zero-order valence-corrected chi connectivity index (χ0v) is 27.6. The molecule has 5 heteroatoms. The van der Waals surface area contributed by atoms with Crippen LogP contribution >= 0.6 is 0 Å². The molecule has 0 saturated carbocycles. The molecule has 0 N–H and O–H groups in total. The third-order valence-corrected chi connectivity index (χ3v) is 5.22. The fraction of sp³-hybridized carbons (Fsp3) is 0.316. The minimum absolute atomic E-state index is 0.360. The maximum absolute atomic E-state index is 5.30. The average molecular weight is 589 g/mol. The second kappa shape index (κ2) is 26.5. The summed E-state index contributed by atoms with van der Waals surface area (Å²) in [5, 5.41) is 1.16. The van der Waals surface area contributed by atoms with E-state index >= 15 is 0 Å². The van der Waals surface area contributed by atoms with Crippen LogP contribution in [-0.2, 0) is 6.42 Å². The van der Waals surface area contributed by atoms with Crippen molar-refractivity contribution in [2.24, 2.45) is 0 Å². The van der Waals surface area contributed by atoms with Crippen molar-refractivity contribution in [3.8, 4) is 23.0 Å². The number of para-hydroxylation sites is 5. The standard InChI is InChI=1S/C8H8O.C8H6O.C7H6O2.C7H8O.4C2H6/c2*1-2-4-8-7(3-1)5-6-9-8;1-2-4-7-6(3-1)8-5-9-7;1-8-7-5-3-2-4-6-7;4*1-2/h1-4H,5-6H2;1-6H;1-4H,5H2;2-6H,1H3;4*1-2H3. The van der Waals surface area contributed by atoms with Gasteiger partial charge in [0.1, 0.15) is 17.1 Å². The lowest BCUT2D eigenvalue weighted by Gasteiger charge is -1.93. The molecule has 2 aliphatic rings. The van der Waals surface area contributed by atoms with Gasteiger partial charge in [-0.1, -0.05) is 122 Å². The molecule has 0 radical (unpaired) electrons. The van der Waals surface area contributed by atoms with Gasteiger partial charge in [-0.2, -0.15) is 0 Å². The Morgan fingerprint density at radius 2 is 1.02 bits per heavy atom. The lowest BCUT2D eigenvalue weighted by Crippen LogP contribution is -1.92. The number of fused-ring (bicyclic) bond motifs is 3. The third kappa shape index (κ3) is 14.9. The van der Waals surface area contributed by atoms with E-state index in [2.05, 4.69) is 6.07 Å². The van der Waals surface area contributed by atoms with Crippen molar-refractivity contribution in [1.29, 1.82) is 0 Å². The number of rotatable bonds is 1. The lowest BCUT2D eigenvalue weighted by molar-refractivity contribution is 0.174. The first-order valence-corrected chi connectivity index (χ1v) is 15.4. The Balaban J connectivity index is 0.000000508. The SMILES string of the molecule is CC.CC.CC.CC.COc1ccccc1.c1ccc2c(c1)CCO2.c1ccc2c(c1)OCO2.c1ccc2occc2c1. The predicted octanol–water partition coefficient (Wildman–Crippen LogP) is 11.3.